The highest BCUT2D eigenvalue weighted by atomic mass is 32.1. The second kappa shape index (κ2) is 5.43. The minimum atomic E-state index is -0.269. The van der Waals surface area contributed by atoms with Crippen molar-refractivity contribution in [1.29, 1.82) is 0 Å². The molecule has 0 bridgehead atoms. The third-order valence-electron chi connectivity index (χ3n) is 3.01. The standard InChI is InChI=1S/C12H13N5OS/c18-11(14-12-17-13-7-19-12)10-6-9(15-16-10)8-4-2-1-3-5-8/h1-5,7,9-10,15-16H,6H2,(H,14,17,18). The molecular weight excluding hydrogens is 262 g/mol. The van der Waals surface area contributed by atoms with Crippen LogP contribution in [0.3, 0.4) is 0 Å². The molecule has 1 saturated heterocycles. The summed E-state index contributed by atoms with van der Waals surface area (Å²) in [6, 6.07) is 9.93. The van der Waals surface area contributed by atoms with Gasteiger partial charge in [-0.2, -0.15) is 0 Å². The van der Waals surface area contributed by atoms with Crippen molar-refractivity contribution in [2.45, 2.75) is 18.5 Å². The Morgan fingerprint density at radius 3 is 2.89 bits per heavy atom. The summed E-state index contributed by atoms with van der Waals surface area (Å²) in [4.78, 5) is 12.0. The SMILES string of the molecule is O=C(Nc1nncs1)C1CC(c2ccccc2)NN1. The second-order valence-corrected chi connectivity index (χ2v) is 5.11. The van der Waals surface area contributed by atoms with Gasteiger partial charge in [0.1, 0.15) is 11.6 Å². The predicted octanol–water partition coefficient (Wildman–Crippen LogP) is 1.08. The Labute approximate surface area is 114 Å². The zero-order chi connectivity index (χ0) is 13.1. The van der Waals surface area contributed by atoms with E-state index in [9.17, 15) is 4.79 Å². The van der Waals surface area contributed by atoms with Crippen molar-refractivity contribution in [2.24, 2.45) is 0 Å². The second-order valence-electron chi connectivity index (χ2n) is 4.27. The van der Waals surface area contributed by atoms with Crippen molar-refractivity contribution >= 4 is 22.4 Å². The zero-order valence-corrected chi connectivity index (χ0v) is 10.9. The molecule has 2 aromatic rings. The lowest BCUT2D eigenvalue weighted by molar-refractivity contribution is -0.117. The highest BCUT2D eigenvalue weighted by Crippen LogP contribution is 2.22. The molecule has 2 unspecified atom stereocenters. The fourth-order valence-electron chi connectivity index (χ4n) is 2.05. The molecule has 1 aromatic carbocycles. The summed E-state index contributed by atoms with van der Waals surface area (Å²) in [7, 11) is 0. The van der Waals surface area contributed by atoms with Crippen molar-refractivity contribution in [1.82, 2.24) is 21.0 Å². The Bertz CT molecular complexity index is 545. The van der Waals surface area contributed by atoms with E-state index in [1.54, 1.807) is 5.51 Å². The van der Waals surface area contributed by atoms with Crippen LogP contribution in [0.2, 0.25) is 0 Å². The van der Waals surface area contributed by atoms with Gasteiger partial charge in [-0.3, -0.25) is 10.1 Å². The van der Waals surface area contributed by atoms with Crippen LogP contribution < -0.4 is 16.2 Å². The number of anilines is 1. The number of rotatable bonds is 3. The maximum atomic E-state index is 12.0. The van der Waals surface area contributed by atoms with E-state index >= 15 is 0 Å². The van der Waals surface area contributed by atoms with Crippen LogP contribution in [0.5, 0.6) is 0 Å². The molecule has 3 N–H and O–H groups in total. The van der Waals surface area contributed by atoms with Gasteiger partial charge in [-0.25, -0.2) is 10.9 Å². The third kappa shape index (κ3) is 2.78. The van der Waals surface area contributed by atoms with E-state index in [1.165, 1.54) is 16.9 Å². The number of aromatic nitrogens is 2. The Morgan fingerprint density at radius 1 is 1.32 bits per heavy atom. The molecule has 7 heteroatoms. The van der Waals surface area contributed by atoms with Gasteiger partial charge in [0.05, 0.1) is 0 Å². The number of nitrogens with one attached hydrogen (secondary N) is 3. The van der Waals surface area contributed by atoms with E-state index in [0.29, 0.717) is 11.6 Å². The van der Waals surface area contributed by atoms with E-state index in [4.69, 9.17) is 0 Å². The number of benzene rings is 1. The highest BCUT2D eigenvalue weighted by molar-refractivity contribution is 7.13. The summed E-state index contributed by atoms with van der Waals surface area (Å²) >= 11 is 1.30. The Balaban J connectivity index is 1.61. The first-order chi connectivity index (χ1) is 9.33. The first-order valence-corrected chi connectivity index (χ1v) is 6.84. The van der Waals surface area contributed by atoms with Gasteiger partial charge in [0.15, 0.2) is 0 Å². The van der Waals surface area contributed by atoms with Gasteiger partial charge >= 0.3 is 0 Å². The molecule has 1 aromatic heterocycles. The summed E-state index contributed by atoms with van der Waals surface area (Å²) in [5, 5.41) is 10.7. The minimum absolute atomic E-state index is 0.0947. The quantitative estimate of drug-likeness (QED) is 0.781. The topological polar surface area (TPSA) is 78.9 Å². The van der Waals surface area contributed by atoms with Gasteiger partial charge in [0, 0.05) is 6.04 Å². The van der Waals surface area contributed by atoms with Gasteiger partial charge < -0.3 is 0 Å². The van der Waals surface area contributed by atoms with Crippen LogP contribution in [0.25, 0.3) is 0 Å². The van der Waals surface area contributed by atoms with Gasteiger partial charge in [0.2, 0.25) is 11.0 Å². The fraction of sp³-hybridized carbons (Fsp3) is 0.250. The number of hydrazine groups is 1. The molecule has 2 atom stereocenters. The molecule has 6 nitrogen and oxygen atoms in total. The lowest BCUT2D eigenvalue weighted by atomic mass is 10.0. The number of carbonyl (C=O) groups excluding carboxylic acids is 1. The Morgan fingerprint density at radius 2 is 2.16 bits per heavy atom. The lowest BCUT2D eigenvalue weighted by Crippen LogP contribution is -2.39. The van der Waals surface area contributed by atoms with E-state index in [1.807, 2.05) is 30.3 Å². The molecule has 98 valence electrons. The minimum Gasteiger partial charge on any atom is -0.299 e. The monoisotopic (exact) mass is 275 g/mol. The first-order valence-electron chi connectivity index (χ1n) is 5.96. The largest absolute Gasteiger partial charge is 0.299 e. The van der Waals surface area contributed by atoms with E-state index in [2.05, 4.69) is 26.4 Å². The third-order valence-corrected chi connectivity index (χ3v) is 3.62. The van der Waals surface area contributed by atoms with Crippen LogP contribution >= 0.6 is 11.3 Å². The maximum absolute atomic E-state index is 12.0. The number of nitrogens with zero attached hydrogens (tertiary/aromatic N) is 2. The molecule has 0 radical (unpaired) electrons. The molecule has 2 heterocycles. The molecule has 3 rings (SSSR count). The summed E-state index contributed by atoms with van der Waals surface area (Å²) in [5.41, 5.74) is 8.91. The van der Waals surface area contributed by atoms with Crippen molar-refractivity contribution < 1.29 is 4.79 Å². The molecule has 0 saturated carbocycles. The van der Waals surface area contributed by atoms with Crippen LogP contribution in [0.4, 0.5) is 5.13 Å². The average Bonchev–Trinajstić information content (AvgIpc) is 3.10. The lowest BCUT2D eigenvalue weighted by Gasteiger charge is -2.09. The van der Waals surface area contributed by atoms with Crippen molar-refractivity contribution in [3.8, 4) is 0 Å². The molecule has 1 fully saturated rings. The fourth-order valence-corrected chi connectivity index (χ4v) is 2.50. The summed E-state index contributed by atoms with van der Waals surface area (Å²) < 4.78 is 0. The summed E-state index contributed by atoms with van der Waals surface area (Å²) in [6.45, 7) is 0. The van der Waals surface area contributed by atoms with Gasteiger partial charge in [0.25, 0.3) is 0 Å². The van der Waals surface area contributed by atoms with E-state index < -0.39 is 0 Å². The predicted molar refractivity (Wildman–Crippen MR) is 72.4 cm³/mol. The Hall–Kier alpha value is -1.83. The van der Waals surface area contributed by atoms with Crippen LogP contribution in [-0.2, 0) is 4.79 Å². The maximum Gasteiger partial charge on any atom is 0.244 e. The van der Waals surface area contributed by atoms with Crippen LogP contribution in [0.1, 0.15) is 18.0 Å². The average molecular weight is 275 g/mol. The van der Waals surface area contributed by atoms with E-state index in [-0.39, 0.29) is 18.0 Å². The normalized spacial score (nSPS) is 22.3. The smallest absolute Gasteiger partial charge is 0.244 e. The van der Waals surface area contributed by atoms with Gasteiger partial charge in [-0.05, 0) is 12.0 Å². The van der Waals surface area contributed by atoms with Crippen LogP contribution in [-0.4, -0.2) is 22.1 Å². The van der Waals surface area contributed by atoms with E-state index in [0.717, 1.165) is 0 Å². The zero-order valence-electron chi connectivity index (χ0n) is 10.0. The van der Waals surface area contributed by atoms with Gasteiger partial charge in [-0.1, -0.05) is 41.7 Å². The van der Waals surface area contributed by atoms with Crippen LogP contribution in [0, 0.1) is 0 Å². The van der Waals surface area contributed by atoms with Crippen molar-refractivity contribution in [3.63, 3.8) is 0 Å². The van der Waals surface area contributed by atoms with Crippen molar-refractivity contribution in [3.05, 3.63) is 41.4 Å². The molecule has 1 aliphatic rings. The first kappa shape index (κ1) is 12.2. The number of hydrogen-bond acceptors (Lipinski definition) is 6. The molecule has 0 spiro atoms. The number of amides is 1. The molecule has 0 aliphatic carbocycles. The highest BCUT2D eigenvalue weighted by Gasteiger charge is 2.30. The molecular formula is C12H13N5OS. The number of carbonyl (C=O) groups is 1. The van der Waals surface area contributed by atoms with Crippen molar-refractivity contribution in [2.75, 3.05) is 5.32 Å². The van der Waals surface area contributed by atoms with Gasteiger partial charge in [-0.15, -0.1) is 10.2 Å². The molecule has 19 heavy (non-hydrogen) atoms. The Kier molecular flexibility index (Phi) is 3.49. The number of hydrogen-bond donors (Lipinski definition) is 3. The summed E-state index contributed by atoms with van der Waals surface area (Å²) in [6.07, 6.45) is 0.703. The molecule has 1 aliphatic heterocycles. The molecule has 1 amide bonds. The summed E-state index contributed by atoms with van der Waals surface area (Å²) in [5.74, 6) is -0.0947. The van der Waals surface area contributed by atoms with Crippen LogP contribution in [0.15, 0.2) is 35.8 Å².